The fourth-order valence-electron chi connectivity index (χ4n) is 2.73. The summed E-state index contributed by atoms with van der Waals surface area (Å²) in [5, 5.41) is 6.58. The zero-order valence-corrected chi connectivity index (χ0v) is 17.2. The summed E-state index contributed by atoms with van der Waals surface area (Å²) in [5.41, 5.74) is 2.18. The number of benzene rings is 1. The Morgan fingerprint density at radius 1 is 1.03 bits per heavy atom. The highest BCUT2D eigenvalue weighted by atomic mass is 16.5. The highest BCUT2D eigenvalue weighted by Crippen LogP contribution is 2.11. The van der Waals surface area contributed by atoms with Gasteiger partial charge in [0.25, 0.3) is 0 Å². The van der Waals surface area contributed by atoms with Crippen LogP contribution in [0.15, 0.2) is 76.5 Å². The van der Waals surface area contributed by atoms with E-state index in [0.29, 0.717) is 32.2 Å². The number of rotatable bonds is 11. The monoisotopic (exact) mass is 408 g/mol. The smallest absolute Gasteiger partial charge is 0.213 e. The number of aromatic nitrogens is 1. The van der Waals surface area contributed by atoms with Crippen molar-refractivity contribution in [1.29, 1.82) is 0 Å². The first-order valence-electron chi connectivity index (χ1n) is 10.00. The SMILES string of the molecule is CN=C(NCCCOCc1ccco1)NCc1ccnc(OCc2ccccc2)c1. The van der Waals surface area contributed by atoms with Crippen molar-refractivity contribution in [3.8, 4) is 5.88 Å². The molecule has 0 radical (unpaired) electrons. The van der Waals surface area contributed by atoms with Gasteiger partial charge in [-0.05, 0) is 35.7 Å². The zero-order valence-electron chi connectivity index (χ0n) is 17.2. The molecule has 0 fully saturated rings. The van der Waals surface area contributed by atoms with Crippen LogP contribution in [0.1, 0.15) is 23.3 Å². The van der Waals surface area contributed by atoms with E-state index in [1.807, 2.05) is 54.6 Å². The number of nitrogens with zero attached hydrogens (tertiary/aromatic N) is 2. The molecule has 2 aromatic heterocycles. The minimum atomic E-state index is 0.496. The van der Waals surface area contributed by atoms with Crippen molar-refractivity contribution in [2.24, 2.45) is 4.99 Å². The number of aliphatic imine (C=N–C) groups is 1. The second-order valence-corrected chi connectivity index (χ2v) is 6.61. The Balaban J connectivity index is 1.34. The van der Waals surface area contributed by atoms with Gasteiger partial charge in [0.05, 0.1) is 6.26 Å². The van der Waals surface area contributed by atoms with E-state index in [0.717, 1.165) is 35.8 Å². The quantitative estimate of drug-likeness (QED) is 0.287. The lowest BCUT2D eigenvalue weighted by Gasteiger charge is -2.12. The number of guanidine groups is 1. The predicted octanol–water partition coefficient (Wildman–Crippen LogP) is 3.53. The Hall–Kier alpha value is -3.32. The summed E-state index contributed by atoms with van der Waals surface area (Å²) < 4.78 is 16.6. The summed E-state index contributed by atoms with van der Waals surface area (Å²) in [6.45, 7) is 3.03. The molecule has 1 aromatic carbocycles. The third-order valence-corrected chi connectivity index (χ3v) is 4.29. The number of hydrogen-bond donors (Lipinski definition) is 2. The van der Waals surface area contributed by atoms with Gasteiger partial charge in [-0.15, -0.1) is 0 Å². The molecule has 3 aromatic rings. The maximum Gasteiger partial charge on any atom is 0.213 e. The summed E-state index contributed by atoms with van der Waals surface area (Å²) in [6, 6.07) is 17.7. The van der Waals surface area contributed by atoms with Crippen LogP contribution in [0.2, 0.25) is 0 Å². The van der Waals surface area contributed by atoms with Crippen LogP contribution in [0, 0.1) is 0 Å². The topological polar surface area (TPSA) is 80.9 Å². The summed E-state index contributed by atoms with van der Waals surface area (Å²) in [5.74, 6) is 2.18. The Bertz CT molecular complexity index is 882. The van der Waals surface area contributed by atoms with Crippen LogP contribution in [-0.4, -0.2) is 31.1 Å². The molecule has 2 N–H and O–H groups in total. The van der Waals surface area contributed by atoms with E-state index in [-0.39, 0.29) is 0 Å². The molecule has 0 aliphatic heterocycles. The van der Waals surface area contributed by atoms with Crippen LogP contribution >= 0.6 is 0 Å². The molecule has 0 aliphatic rings. The summed E-state index contributed by atoms with van der Waals surface area (Å²) >= 11 is 0. The third-order valence-electron chi connectivity index (χ3n) is 4.29. The molecule has 0 amide bonds. The molecule has 0 spiro atoms. The number of furan rings is 1. The van der Waals surface area contributed by atoms with E-state index in [1.165, 1.54) is 0 Å². The molecule has 7 nitrogen and oxygen atoms in total. The van der Waals surface area contributed by atoms with Crippen molar-refractivity contribution < 1.29 is 13.9 Å². The van der Waals surface area contributed by atoms with E-state index in [2.05, 4.69) is 20.6 Å². The highest BCUT2D eigenvalue weighted by Gasteiger charge is 2.02. The Kier molecular flexibility index (Phi) is 8.76. The van der Waals surface area contributed by atoms with E-state index in [1.54, 1.807) is 19.5 Å². The molecule has 0 saturated heterocycles. The number of ether oxygens (including phenoxy) is 2. The van der Waals surface area contributed by atoms with E-state index < -0.39 is 0 Å². The lowest BCUT2D eigenvalue weighted by Crippen LogP contribution is -2.37. The summed E-state index contributed by atoms with van der Waals surface area (Å²) in [6.07, 6.45) is 4.27. The van der Waals surface area contributed by atoms with Gasteiger partial charge in [-0.3, -0.25) is 4.99 Å². The Morgan fingerprint density at radius 2 is 1.93 bits per heavy atom. The molecule has 0 atom stereocenters. The average Bonchev–Trinajstić information content (AvgIpc) is 3.31. The van der Waals surface area contributed by atoms with E-state index in [9.17, 15) is 0 Å². The second-order valence-electron chi connectivity index (χ2n) is 6.61. The van der Waals surface area contributed by atoms with Gasteiger partial charge in [-0.2, -0.15) is 0 Å². The maximum absolute atomic E-state index is 5.79. The van der Waals surface area contributed by atoms with Crippen molar-refractivity contribution >= 4 is 5.96 Å². The summed E-state index contributed by atoms with van der Waals surface area (Å²) in [4.78, 5) is 8.53. The van der Waals surface area contributed by atoms with Gasteiger partial charge in [0.1, 0.15) is 19.0 Å². The number of pyridine rings is 1. The molecule has 30 heavy (non-hydrogen) atoms. The van der Waals surface area contributed by atoms with E-state index >= 15 is 0 Å². The van der Waals surface area contributed by atoms with Crippen molar-refractivity contribution in [1.82, 2.24) is 15.6 Å². The molecule has 0 saturated carbocycles. The van der Waals surface area contributed by atoms with Gasteiger partial charge < -0.3 is 24.5 Å². The lowest BCUT2D eigenvalue weighted by atomic mass is 10.2. The molecule has 2 heterocycles. The summed E-state index contributed by atoms with van der Waals surface area (Å²) in [7, 11) is 1.75. The van der Waals surface area contributed by atoms with Gasteiger partial charge in [0, 0.05) is 39.0 Å². The largest absolute Gasteiger partial charge is 0.473 e. The van der Waals surface area contributed by atoms with Crippen LogP contribution < -0.4 is 15.4 Å². The fraction of sp³-hybridized carbons (Fsp3) is 0.304. The van der Waals surface area contributed by atoms with Gasteiger partial charge in [-0.25, -0.2) is 4.98 Å². The molecule has 158 valence electrons. The minimum absolute atomic E-state index is 0.496. The second kappa shape index (κ2) is 12.3. The van der Waals surface area contributed by atoms with Crippen molar-refractivity contribution in [3.63, 3.8) is 0 Å². The predicted molar refractivity (Wildman–Crippen MR) is 116 cm³/mol. The Labute approximate surface area is 177 Å². The first kappa shape index (κ1) is 21.4. The fourth-order valence-corrected chi connectivity index (χ4v) is 2.73. The van der Waals surface area contributed by atoms with Crippen LogP contribution in [0.3, 0.4) is 0 Å². The molecule has 0 aliphatic carbocycles. The van der Waals surface area contributed by atoms with E-state index in [4.69, 9.17) is 13.9 Å². The molecule has 3 rings (SSSR count). The first-order chi connectivity index (χ1) is 14.8. The van der Waals surface area contributed by atoms with Gasteiger partial charge in [0.15, 0.2) is 5.96 Å². The maximum atomic E-state index is 5.79. The van der Waals surface area contributed by atoms with Crippen molar-refractivity contribution in [3.05, 3.63) is 83.9 Å². The normalized spacial score (nSPS) is 11.3. The third kappa shape index (κ3) is 7.60. The van der Waals surface area contributed by atoms with Crippen LogP contribution in [0.25, 0.3) is 0 Å². The van der Waals surface area contributed by atoms with Gasteiger partial charge in [-0.1, -0.05) is 30.3 Å². The van der Waals surface area contributed by atoms with Crippen LogP contribution in [-0.2, 0) is 24.5 Å². The highest BCUT2D eigenvalue weighted by molar-refractivity contribution is 5.79. The standard InChI is InChI=1S/C23H28N4O3/c1-24-23(26-11-6-13-28-18-21-9-5-14-29-21)27-16-20-10-12-25-22(15-20)30-17-19-7-3-2-4-8-19/h2-5,7-10,12,14-15H,6,11,13,16-18H2,1H3,(H2,24,26,27). The average molecular weight is 409 g/mol. The van der Waals surface area contributed by atoms with Crippen molar-refractivity contribution in [2.75, 3.05) is 20.2 Å². The zero-order chi connectivity index (χ0) is 20.9. The minimum Gasteiger partial charge on any atom is -0.473 e. The molecular formula is C23H28N4O3. The van der Waals surface area contributed by atoms with Crippen molar-refractivity contribution in [2.45, 2.75) is 26.2 Å². The first-order valence-corrected chi connectivity index (χ1v) is 10.00. The lowest BCUT2D eigenvalue weighted by molar-refractivity contribution is 0.105. The van der Waals surface area contributed by atoms with Crippen LogP contribution in [0.5, 0.6) is 5.88 Å². The Morgan fingerprint density at radius 3 is 2.73 bits per heavy atom. The molecule has 0 unspecified atom stereocenters. The number of nitrogens with one attached hydrogen (secondary N) is 2. The molecule has 0 bridgehead atoms. The van der Waals surface area contributed by atoms with Gasteiger partial charge in [0.2, 0.25) is 5.88 Å². The molecular weight excluding hydrogens is 380 g/mol. The number of hydrogen-bond acceptors (Lipinski definition) is 5. The van der Waals surface area contributed by atoms with Crippen LogP contribution in [0.4, 0.5) is 0 Å². The molecule has 7 heteroatoms. The van der Waals surface area contributed by atoms with Gasteiger partial charge >= 0.3 is 0 Å².